The van der Waals surface area contributed by atoms with E-state index in [1.54, 1.807) is 28.4 Å². The molecule has 7 heteroatoms. The molecule has 0 saturated carbocycles. The standard InChI is InChI=1S/C20H21FN4OS/c1-13-23-17(12-27-13)11-25(18-7-5-16(21)6-8-18)20(26)14-3-4-15-10-22-24(2)19(15)9-14/h5-8,10,12,14H,3-4,9,11H2,1-2H3. The third-order valence-corrected chi connectivity index (χ3v) is 5.91. The average Bonchev–Trinajstić information content (AvgIpc) is 3.25. The zero-order valence-corrected chi connectivity index (χ0v) is 16.2. The number of rotatable bonds is 4. The molecule has 0 N–H and O–H groups in total. The zero-order valence-electron chi connectivity index (χ0n) is 15.4. The molecule has 1 aliphatic rings. The first-order valence-corrected chi connectivity index (χ1v) is 9.87. The van der Waals surface area contributed by atoms with E-state index in [0.717, 1.165) is 29.2 Å². The highest BCUT2D eigenvalue weighted by Gasteiger charge is 2.31. The molecule has 0 aliphatic heterocycles. The number of anilines is 1. The molecule has 2 aromatic heterocycles. The summed E-state index contributed by atoms with van der Waals surface area (Å²) in [5.74, 6) is -0.371. The van der Waals surface area contributed by atoms with Gasteiger partial charge in [0.2, 0.25) is 5.91 Å². The Morgan fingerprint density at radius 1 is 1.37 bits per heavy atom. The van der Waals surface area contributed by atoms with Crippen molar-refractivity contribution in [2.45, 2.75) is 32.7 Å². The zero-order chi connectivity index (χ0) is 19.0. The summed E-state index contributed by atoms with van der Waals surface area (Å²) in [6, 6.07) is 6.10. The van der Waals surface area contributed by atoms with Gasteiger partial charge in [0.25, 0.3) is 0 Å². The van der Waals surface area contributed by atoms with Crippen molar-refractivity contribution in [2.75, 3.05) is 4.90 Å². The number of benzene rings is 1. The molecule has 140 valence electrons. The lowest BCUT2D eigenvalue weighted by atomic mass is 9.87. The Morgan fingerprint density at radius 3 is 2.85 bits per heavy atom. The molecule has 0 bridgehead atoms. The van der Waals surface area contributed by atoms with Crippen LogP contribution in [-0.4, -0.2) is 20.7 Å². The summed E-state index contributed by atoms with van der Waals surface area (Å²) >= 11 is 1.56. The summed E-state index contributed by atoms with van der Waals surface area (Å²) in [6.07, 6.45) is 4.22. The van der Waals surface area contributed by atoms with Gasteiger partial charge < -0.3 is 4.90 Å². The first-order valence-electron chi connectivity index (χ1n) is 8.99. The van der Waals surface area contributed by atoms with Gasteiger partial charge in [0, 0.05) is 36.1 Å². The fourth-order valence-corrected chi connectivity index (χ4v) is 4.24. The maximum absolute atomic E-state index is 13.4. The smallest absolute Gasteiger partial charge is 0.230 e. The van der Waals surface area contributed by atoms with E-state index < -0.39 is 0 Å². The van der Waals surface area contributed by atoms with E-state index in [2.05, 4.69) is 10.1 Å². The van der Waals surface area contributed by atoms with Crippen molar-refractivity contribution >= 4 is 22.9 Å². The van der Waals surface area contributed by atoms with Crippen LogP contribution in [-0.2, 0) is 31.2 Å². The minimum atomic E-state index is -0.312. The number of aromatic nitrogens is 3. The van der Waals surface area contributed by atoms with Crippen LogP contribution in [0.3, 0.4) is 0 Å². The maximum atomic E-state index is 13.4. The van der Waals surface area contributed by atoms with E-state index in [1.807, 2.05) is 30.2 Å². The first kappa shape index (κ1) is 17.9. The second-order valence-electron chi connectivity index (χ2n) is 6.94. The molecule has 1 amide bonds. The van der Waals surface area contributed by atoms with Gasteiger partial charge in [-0.25, -0.2) is 9.37 Å². The summed E-state index contributed by atoms with van der Waals surface area (Å²) in [5.41, 5.74) is 3.91. The Bertz CT molecular complexity index is 963. The minimum Gasteiger partial charge on any atom is -0.306 e. The Kier molecular flexibility index (Phi) is 4.78. The molecule has 0 spiro atoms. The quantitative estimate of drug-likeness (QED) is 0.690. The largest absolute Gasteiger partial charge is 0.306 e. The molecule has 1 aliphatic carbocycles. The molecule has 0 fully saturated rings. The van der Waals surface area contributed by atoms with E-state index in [0.29, 0.717) is 18.7 Å². The van der Waals surface area contributed by atoms with Gasteiger partial charge in [-0.3, -0.25) is 9.48 Å². The van der Waals surface area contributed by atoms with E-state index in [4.69, 9.17) is 0 Å². The van der Waals surface area contributed by atoms with Gasteiger partial charge in [-0.15, -0.1) is 11.3 Å². The van der Waals surface area contributed by atoms with Crippen molar-refractivity contribution in [3.63, 3.8) is 0 Å². The van der Waals surface area contributed by atoms with Gasteiger partial charge in [0.1, 0.15) is 5.82 Å². The van der Waals surface area contributed by atoms with Crippen LogP contribution in [0.2, 0.25) is 0 Å². The molecular formula is C20H21FN4OS. The molecule has 5 nitrogen and oxygen atoms in total. The Morgan fingerprint density at radius 2 is 2.15 bits per heavy atom. The van der Waals surface area contributed by atoms with Crippen molar-refractivity contribution < 1.29 is 9.18 Å². The molecule has 2 heterocycles. The molecule has 27 heavy (non-hydrogen) atoms. The number of fused-ring (bicyclic) bond motifs is 1. The third-order valence-electron chi connectivity index (χ3n) is 5.09. The van der Waals surface area contributed by atoms with E-state index in [-0.39, 0.29) is 17.6 Å². The van der Waals surface area contributed by atoms with Crippen LogP contribution in [0.4, 0.5) is 10.1 Å². The summed E-state index contributed by atoms with van der Waals surface area (Å²) in [6.45, 7) is 2.34. The van der Waals surface area contributed by atoms with Crippen LogP contribution in [0.1, 0.15) is 28.4 Å². The fourth-order valence-electron chi connectivity index (χ4n) is 3.64. The van der Waals surface area contributed by atoms with Gasteiger partial charge in [-0.1, -0.05) is 0 Å². The highest BCUT2D eigenvalue weighted by molar-refractivity contribution is 7.09. The molecule has 1 atom stereocenters. The molecular weight excluding hydrogens is 363 g/mol. The van der Waals surface area contributed by atoms with Crippen molar-refractivity contribution in [2.24, 2.45) is 13.0 Å². The highest BCUT2D eigenvalue weighted by Crippen LogP contribution is 2.29. The lowest BCUT2D eigenvalue weighted by Crippen LogP contribution is -2.38. The lowest BCUT2D eigenvalue weighted by molar-refractivity contribution is -0.122. The summed E-state index contributed by atoms with van der Waals surface area (Å²) in [7, 11) is 1.92. The van der Waals surface area contributed by atoms with E-state index >= 15 is 0 Å². The van der Waals surface area contributed by atoms with Crippen molar-refractivity contribution in [1.82, 2.24) is 14.8 Å². The maximum Gasteiger partial charge on any atom is 0.230 e. The third kappa shape index (κ3) is 3.64. The number of hydrogen-bond donors (Lipinski definition) is 0. The Labute approximate surface area is 161 Å². The molecule has 4 rings (SSSR count). The summed E-state index contributed by atoms with van der Waals surface area (Å²) in [4.78, 5) is 19.7. The van der Waals surface area contributed by atoms with Crippen LogP contribution in [0.15, 0.2) is 35.8 Å². The number of carbonyl (C=O) groups excluding carboxylic acids is 1. The van der Waals surface area contributed by atoms with Crippen LogP contribution in [0, 0.1) is 18.7 Å². The van der Waals surface area contributed by atoms with Gasteiger partial charge >= 0.3 is 0 Å². The number of amides is 1. The van der Waals surface area contributed by atoms with Gasteiger partial charge in [-0.05, 0) is 49.6 Å². The van der Waals surface area contributed by atoms with Gasteiger partial charge in [0.15, 0.2) is 0 Å². The lowest BCUT2D eigenvalue weighted by Gasteiger charge is -2.29. The predicted molar refractivity (Wildman–Crippen MR) is 103 cm³/mol. The first-order chi connectivity index (χ1) is 13.0. The van der Waals surface area contributed by atoms with E-state index in [1.165, 1.54) is 17.7 Å². The highest BCUT2D eigenvalue weighted by atomic mass is 32.1. The topological polar surface area (TPSA) is 51.0 Å². The second-order valence-corrected chi connectivity index (χ2v) is 8.00. The van der Waals surface area contributed by atoms with Crippen molar-refractivity contribution in [3.05, 3.63) is 63.6 Å². The minimum absolute atomic E-state index is 0.0547. The van der Waals surface area contributed by atoms with Crippen LogP contribution >= 0.6 is 11.3 Å². The van der Waals surface area contributed by atoms with Gasteiger partial charge in [-0.2, -0.15) is 5.10 Å². The van der Waals surface area contributed by atoms with Crippen LogP contribution < -0.4 is 4.90 Å². The SMILES string of the molecule is Cc1nc(CN(C(=O)C2CCc3cnn(C)c3C2)c2ccc(F)cc2)cs1. The van der Waals surface area contributed by atoms with Crippen LogP contribution in [0.25, 0.3) is 0 Å². The fraction of sp³-hybridized carbons (Fsp3) is 0.350. The molecule has 0 radical (unpaired) electrons. The number of thiazole rings is 1. The Balaban J connectivity index is 1.62. The number of hydrogen-bond acceptors (Lipinski definition) is 4. The molecule has 1 unspecified atom stereocenters. The van der Waals surface area contributed by atoms with Crippen molar-refractivity contribution in [3.8, 4) is 0 Å². The molecule has 3 aromatic rings. The molecule has 1 aromatic carbocycles. The number of carbonyl (C=O) groups is 1. The average molecular weight is 384 g/mol. The number of nitrogens with zero attached hydrogens (tertiary/aromatic N) is 4. The predicted octanol–water partition coefficient (Wildman–Crippen LogP) is 3.66. The monoisotopic (exact) mass is 384 g/mol. The number of aryl methyl sites for hydroxylation is 3. The summed E-state index contributed by atoms with van der Waals surface area (Å²) < 4.78 is 15.2. The normalized spacial score (nSPS) is 16.2. The van der Waals surface area contributed by atoms with Gasteiger partial charge in [0.05, 0.1) is 23.4 Å². The second kappa shape index (κ2) is 7.23. The van der Waals surface area contributed by atoms with Crippen molar-refractivity contribution in [1.29, 1.82) is 0 Å². The summed E-state index contributed by atoms with van der Waals surface area (Å²) in [5, 5.41) is 7.25. The number of halogens is 1. The molecule has 0 saturated heterocycles. The van der Waals surface area contributed by atoms with Crippen LogP contribution in [0.5, 0.6) is 0 Å². The van der Waals surface area contributed by atoms with E-state index in [9.17, 15) is 9.18 Å². The Hall–Kier alpha value is -2.54.